The molecule has 0 atom stereocenters. The van der Waals surface area contributed by atoms with E-state index >= 15 is 0 Å². The number of aromatic nitrogens is 1. The number of carbonyl (C=O) groups excluding carboxylic acids is 1. The molecular weight excluding hydrogens is 300 g/mol. The lowest BCUT2D eigenvalue weighted by Gasteiger charge is -2.07. The third-order valence-corrected chi connectivity index (χ3v) is 3.90. The van der Waals surface area contributed by atoms with E-state index < -0.39 is 0 Å². The number of methoxy groups -OCH3 is 1. The molecule has 0 bridgehead atoms. The summed E-state index contributed by atoms with van der Waals surface area (Å²) < 4.78 is 5.19. The summed E-state index contributed by atoms with van der Waals surface area (Å²) in [7, 11) is 1.64. The molecule has 3 rings (SSSR count). The molecule has 3 aromatic rings. The summed E-state index contributed by atoms with van der Waals surface area (Å²) in [6.07, 6.45) is 1.13. The number of hydrogen-bond donors (Lipinski definition) is 1. The maximum atomic E-state index is 12.0. The van der Waals surface area contributed by atoms with Crippen molar-refractivity contribution in [3.05, 3.63) is 71.9 Å². The van der Waals surface area contributed by atoms with Crippen LogP contribution in [0.25, 0.3) is 10.9 Å². The smallest absolute Gasteiger partial charge is 0.220 e. The Morgan fingerprint density at radius 2 is 1.96 bits per heavy atom. The number of aryl methyl sites for hydroxylation is 1. The van der Waals surface area contributed by atoms with Gasteiger partial charge in [-0.3, -0.25) is 9.78 Å². The van der Waals surface area contributed by atoms with Crippen LogP contribution < -0.4 is 10.1 Å². The minimum absolute atomic E-state index is 0.0211. The summed E-state index contributed by atoms with van der Waals surface area (Å²) in [6, 6.07) is 19.7. The van der Waals surface area contributed by atoms with Crippen LogP contribution in [0.5, 0.6) is 5.75 Å². The molecule has 0 radical (unpaired) electrons. The van der Waals surface area contributed by atoms with Crippen LogP contribution in [0.3, 0.4) is 0 Å². The van der Waals surface area contributed by atoms with E-state index in [0.717, 1.165) is 27.9 Å². The van der Waals surface area contributed by atoms with E-state index in [1.807, 2.05) is 60.7 Å². The molecular formula is C20H20N2O2. The first kappa shape index (κ1) is 16.0. The van der Waals surface area contributed by atoms with Crippen LogP contribution in [0.2, 0.25) is 0 Å². The number of nitrogens with zero attached hydrogens (tertiary/aromatic N) is 1. The van der Waals surface area contributed by atoms with E-state index in [1.165, 1.54) is 0 Å². The van der Waals surface area contributed by atoms with Crippen molar-refractivity contribution in [2.24, 2.45) is 0 Å². The van der Waals surface area contributed by atoms with Crippen LogP contribution in [0, 0.1) is 0 Å². The highest BCUT2D eigenvalue weighted by Gasteiger charge is 2.04. The van der Waals surface area contributed by atoms with Gasteiger partial charge >= 0.3 is 0 Å². The largest absolute Gasteiger partial charge is 0.497 e. The van der Waals surface area contributed by atoms with E-state index in [4.69, 9.17) is 4.74 Å². The maximum absolute atomic E-state index is 12.0. The molecule has 0 unspecified atom stereocenters. The monoisotopic (exact) mass is 320 g/mol. The van der Waals surface area contributed by atoms with Crippen molar-refractivity contribution in [3.8, 4) is 5.75 Å². The summed E-state index contributed by atoms with van der Waals surface area (Å²) >= 11 is 0. The first-order chi connectivity index (χ1) is 11.7. The van der Waals surface area contributed by atoms with Crippen LogP contribution in [0.15, 0.2) is 60.7 Å². The number of hydrogen-bond acceptors (Lipinski definition) is 3. The van der Waals surface area contributed by atoms with E-state index in [0.29, 0.717) is 19.4 Å². The molecule has 2 aromatic carbocycles. The van der Waals surface area contributed by atoms with Crippen molar-refractivity contribution in [2.45, 2.75) is 19.4 Å². The van der Waals surface area contributed by atoms with Gasteiger partial charge in [0.05, 0.1) is 24.9 Å². The Balaban J connectivity index is 1.52. The Bertz CT molecular complexity index is 846. The second-order valence-corrected chi connectivity index (χ2v) is 5.62. The summed E-state index contributed by atoms with van der Waals surface area (Å²) in [6.45, 7) is 0.446. The lowest BCUT2D eigenvalue weighted by atomic mass is 10.1. The Kier molecular flexibility index (Phi) is 5.06. The van der Waals surface area contributed by atoms with Crippen molar-refractivity contribution >= 4 is 16.8 Å². The fourth-order valence-electron chi connectivity index (χ4n) is 2.57. The average molecular weight is 320 g/mol. The molecule has 1 amide bonds. The quantitative estimate of drug-likeness (QED) is 0.756. The summed E-state index contributed by atoms with van der Waals surface area (Å²) in [5.74, 6) is 0.834. The second-order valence-electron chi connectivity index (χ2n) is 5.62. The van der Waals surface area contributed by atoms with Crippen molar-refractivity contribution in [2.75, 3.05) is 7.11 Å². The van der Waals surface area contributed by atoms with Gasteiger partial charge in [0.15, 0.2) is 0 Å². The molecule has 0 aliphatic carbocycles. The van der Waals surface area contributed by atoms with Gasteiger partial charge in [-0.15, -0.1) is 0 Å². The van der Waals surface area contributed by atoms with Crippen molar-refractivity contribution in [3.63, 3.8) is 0 Å². The fraction of sp³-hybridized carbons (Fsp3) is 0.200. The van der Waals surface area contributed by atoms with Crippen LogP contribution in [-0.4, -0.2) is 18.0 Å². The van der Waals surface area contributed by atoms with Crippen LogP contribution >= 0.6 is 0 Å². The van der Waals surface area contributed by atoms with E-state index in [-0.39, 0.29) is 5.91 Å². The molecule has 0 fully saturated rings. The molecule has 1 N–H and O–H groups in total. The Morgan fingerprint density at radius 3 is 2.83 bits per heavy atom. The minimum Gasteiger partial charge on any atom is -0.497 e. The van der Waals surface area contributed by atoms with Gasteiger partial charge in [-0.2, -0.15) is 0 Å². The molecule has 0 saturated heterocycles. The first-order valence-corrected chi connectivity index (χ1v) is 7.99. The molecule has 1 aromatic heterocycles. The highest BCUT2D eigenvalue weighted by Crippen LogP contribution is 2.14. The number of nitrogens with one attached hydrogen (secondary N) is 1. The van der Waals surface area contributed by atoms with Crippen LogP contribution in [0.1, 0.15) is 17.7 Å². The van der Waals surface area contributed by atoms with Gasteiger partial charge < -0.3 is 10.1 Å². The predicted octanol–water partition coefficient (Wildman–Crippen LogP) is 3.49. The number of fused-ring (bicyclic) bond motifs is 1. The van der Waals surface area contributed by atoms with Crippen LogP contribution in [0.4, 0.5) is 0 Å². The van der Waals surface area contributed by atoms with Crippen molar-refractivity contribution in [1.82, 2.24) is 10.3 Å². The zero-order valence-electron chi connectivity index (χ0n) is 13.7. The number of benzene rings is 2. The lowest BCUT2D eigenvalue weighted by Crippen LogP contribution is -2.23. The van der Waals surface area contributed by atoms with Gasteiger partial charge in [0.1, 0.15) is 5.75 Å². The Labute approximate surface area is 141 Å². The summed E-state index contributed by atoms with van der Waals surface area (Å²) in [5, 5.41) is 4.03. The molecule has 0 aliphatic rings. The van der Waals surface area contributed by atoms with Gasteiger partial charge in [0.25, 0.3) is 0 Å². The number of pyridine rings is 1. The van der Waals surface area contributed by atoms with Crippen molar-refractivity contribution < 1.29 is 9.53 Å². The van der Waals surface area contributed by atoms with Gasteiger partial charge in [-0.05, 0) is 36.2 Å². The average Bonchev–Trinajstić information content (AvgIpc) is 2.64. The first-order valence-electron chi connectivity index (χ1n) is 7.99. The zero-order valence-corrected chi connectivity index (χ0v) is 13.7. The van der Waals surface area contributed by atoms with E-state index in [2.05, 4.69) is 10.3 Å². The molecule has 4 heteroatoms. The third kappa shape index (κ3) is 4.10. The molecule has 0 saturated carbocycles. The lowest BCUT2D eigenvalue weighted by molar-refractivity contribution is -0.121. The topological polar surface area (TPSA) is 51.2 Å². The Hall–Kier alpha value is -2.88. The maximum Gasteiger partial charge on any atom is 0.220 e. The minimum atomic E-state index is 0.0211. The number of para-hydroxylation sites is 1. The third-order valence-electron chi connectivity index (χ3n) is 3.90. The highest BCUT2D eigenvalue weighted by molar-refractivity contribution is 5.79. The van der Waals surface area contributed by atoms with Gasteiger partial charge in [-0.1, -0.05) is 36.4 Å². The summed E-state index contributed by atoms with van der Waals surface area (Å²) in [5.41, 5.74) is 2.90. The number of rotatable bonds is 6. The highest BCUT2D eigenvalue weighted by atomic mass is 16.5. The number of amides is 1. The molecule has 1 heterocycles. The van der Waals surface area contributed by atoms with E-state index in [1.54, 1.807) is 7.11 Å². The SMILES string of the molecule is COc1cccc(CCC(=O)NCc2ccc3ccccc3n2)c1. The van der Waals surface area contributed by atoms with Gasteiger partial charge in [-0.25, -0.2) is 0 Å². The van der Waals surface area contributed by atoms with Crippen molar-refractivity contribution in [1.29, 1.82) is 0 Å². The molecule has 4 nitrogen and oxygen atoms in total. The Morgan fingerprint density at radius 1 is 1.08 bits per heavy atom. The van der Waals surface area contributed by atoms with Gasteiger partial charge in [0.2, 0.25) is 5.91 Å². The van der Waals surface area contributed by atoms with Crippen LogP contribution in [-0.2, 0) is 17.8 Å². The standard InChI is InChI=1S/C20H20N2O2/c1-24-18-7-4-5-15(13-18)9-12-20(23)21-14-17-11-10-16-6-2-3-8-19(16)22-17/h2-8,10-11,13H,9,12,14H2,1H3,(H,21,23). The summed E-state index contributed by atoms with van der Waals surface area (Å²) in [4.78, 5) is 16.6. The molecule has 122 valence electrons. The molecule has 24 heavy (non-hydrogen) atoms. The van der Waals surface area contributed by atoms with Gasteiger partial charge in [0, 0.05) is 11.8 Å². The normalized spacial score (nSPS) is 10.5. The fourth-order valence-corrected chi connectivity index (χ4v) is 2.57. The zero-order chi connectivity index (χ0) is 16.8. The number of ether oxygens (including phenoxy) is 1. The second kappa shape index (κ2) is 7.59. The number of carbonyl (C=O) groups is 1. The van der Waals surface area contributed by atoms with E-state index in [9.17, 15) is 4.79 Å². The predicted molar refractivity (Wildman–Crippen MR) is 94.9 cm³/mol. The molecule has 0 aliphatic heterocycles. The molecule has 0 spiro atoms.